The van der Waals surface area contributed by atoms with Crippen LogP contribution in [0.15, 0.2) is 6.20 Å². The Kier molecular flexibility index (Phi) is 2.75. The minimum atomic E-state index is 0.814. The molecule has 0 radical (unpaired) electrons. The van der Waals surface area contributed by atoms with Gasteiger partial charge in [-0.25, -0.2) is 0 Å². The van der Waals surface area contributed by atoms with Crippen molar-refractivity contribution in [2.45, 2.75) is 45.6 Å². The molecule has 14 heavy (non-hydrogen) atoms. The fraction of sp³-hybridized carbons (Fsp3) is 0.727. The highest BCUT2D eigenvalue weighted by Gasteiger charge is 2.16. The van der Waals surface area contributed by atoms with Crippen LogP contribution in [0.25, 0.3) is 0 Å². The quantitative estimate of drug-likeness (QED) is 0.797. The van der Waals surface area contributed by atoms with Gasteiger partial charge in [0.05, 0.1) is 11.4 Å². The van der Waals surface area contributed by atoms with Crippen LogP contribution in [0.2, 0.25) is 0 Å². The summed E-state index contributed by atoms with van der Waals surface area (Å²) in [5.41, 5.74) is 7.49. The monoisotopic (exact) mass is 193 g/mol. The molecule has 1 heterocycles. The minimum Gasteiger partial charge on any atom is -0.396 e. The van der Waals surface area contributed by atoms with Gasteiger partial charge >= 0.3 is 0 Å². The highest BCUT2D eigenvalue weighted by Crippen LogP contribution is 2.30. The van der Waals surface area contributed by atoms with Gasteiger partial charge in [-0.15, -0.1) is 0 Å². The van der Waals surface area contributed by atoms with Crippen molar-refractivity contribution in [1.82, 2.24) is 9.78 Å². The van der Waals surface area contributed by atoms with Gasteiger partial charge in [0.2, 0.25) is 0 Å². The molecule has 0 atom stereocenters. The maximum Gasteiger partial charge on any atom is 0.0822 e. The Balaban J connectivity index is 1.74. The average molecular weight is 193 g/mol. The summed E-state index contributed by atoms with van der Waals surface area (Å²) in [6, 6.07) is 0. The van der Waals surface area contributed by atoms with E-state index in [4.69, 9.17) is 5.73 Å². The van der Waals surface area contributed by atoms with Crippen LogP contribution < -0.4 is 5.73 Å². The third-order valence-corrected chi connectivity index (χ3v) is 3.21. The van der Waals surface area contributed by atoms with Gasteiger partial charge in [0.25, 0.3) is 0 Å². The molecule has 0 saturated heterocycles. The predicted octanol–water partition coefficient (Wildman–Crippen LogP) is 2.35. The highest BCUT2D eigenvalue weighted by molar-refractivity contribution is 5.39. The van der Waals surface area contributed by atoms with E-state index in [0.29, 0.717) is 0 Å². The Bertz CT molecular complexity index is 280. The van der Waals surface area contributed by atoms with Crippen molar-refractivity contribution in [3.8, 4) is 0 Å². The molecular weight excluding hydrogens is 174 g/mol. The zero-order valence-electron chi connectivity index (χ0n) is 8.87. The molecule has 1 saturated carbocycles. The molecule has 2 N–H and O–H groups in total. The number of nitrogens with zero attached hydrogens (tertiary/aromatic N) is 2. The number of aromatic nitrogens is 2. The number of hydrogen-bond acceptors (Lipinski definition) is 2. The van der Waals surface area contributed by atoms with Crippen molar-refractivity contribution in [2.24, 2.45) is 5.92 Å². The summed E-state index contributed by atoms with van der Waals surface area (Å²) < 4.78 is 1.98. The molecule has 1 aromatic rings. The smallest absolute Gasteiger partial charge is 0.0822 e. The summed E-state index contributed by atoms with van der Waals surface area (Å²) in [7, 11) is 0. The van der Waals surface area contributed by atoms with Crippen LogP contribution >= 0.6 is 0 Å². The van der Waals surface area contributed by atoms with Gasteiger partial charge in [-0.05, 0) is 25.7 Å². The molecule has 78 valence electrons. The van der Waals surface area contributed by atoms with Crippen LogP contribution in [0.4, 0.5) is 5.69 Å². The van der Waals surface area contributed by atoms with Crippen LogP contribution in [-0.2, 0) is 6.54 Å². The minimum absolute atomic E-state index is 0.814. The lowest BCUT2D eigenvalue weighted by atomic mass is 9.82. The summed E-state index contributed by atoms with van der Waals surface area (Å²) in [5, 5.41) is 4.34. The van der Waals surface area contributed by atoms with Gasteiger partial charge in [0.15, 0.2) is 0 Å². The van der Waals surface area contributed by atoms with Gasteiger partial charge in [-0.1, -0.05) is 19.3 Å². The second-order valence-corrected chi connectivity index (χ2v) is 4.37. The molecule has 2 rings (SSSR count). The van der Waals surface area contributed by atoms with Crippen LogP contribution in [-0.4, -0.2) is 9.78 Å². The lowest BCUT2D eigenvalue weighted by molar-refractivity contribution is 0.283. The number of anilines is 1. The predicted molar refractivity (Wildman–Crippen MR) is 58.0 cm³/mol. The third-order valence-electron chi connectivity index (χ3n) is 3.21. The molecule has 0 unspecified atom stereocenters. The van der Waals surface area contributed by atoms with E-state index in [1.54, 1.807) is 0 Å². The van der Waals surface area contributed by atoms with E-state index in [2.05, 4.69) is 5.10 Å². The first-order valence-corrected chi connectivity index (χ1v) is 5.55. The van der Waals surface area contributed by atoms with Crippen molar-refractivity contribution in [2.75, 3.05) is 5.73 Å². The third kappa shape index (κ3) is 2.08. The number of nitrogens with two attached hydrogens (primary N) is 1. The van der Waals surface area contributed by atoms with Crippen LogP contribution in [0.1, 0.15) is 37.8 Å². The Morgan fingerprint density at radius 1 is 1.57 bits per heavy atom. The highest BCUT2D eigenvalue weighted by atomic mass is 15.3. The molecule has 1 aliphatic carbocycles. The van der Waals surface area contributed by atoms with E-state index in [1.807, 2.05) is 17.8 Å². The summed E-state index contributed by atoms with van der Waals surface area (Å²) in [5.74, 6) is 1.00. The molecule has 1 aromatic heterocycles. The van der Waals surface area contributed by atoms with Gasteiger partial charge < -0.3 is 5.73 Å². The topological polar surface area (TPSA) is 43.8 Å². The zero-order chi connectivity index (χ0) is 9.97. The summed E-state index contributed by atoms with van der Waals surface area (Å²) in [4.78, 5) is 0. The Labute approximate surface area is 85.3 Å². The van der Waals surface area contributed by atoms with Gasteiger partial charge in [-0.2, -0.15) is 5.10 Å². The first-order chi connectivity index (χ1) is 6.75. The molecule has 3 heteroatoms. The van der Waals surface area contributed by atoms with Gasteiger partial charge in [-0.3, -0.25) is 4.68 Å². The second kappa shape index (κ2) is 4.03. The molecule has 0 bridgehead atoms. The van der Waals surface area contributed by atoms with Crippen molar-refractivity contribution in [1.29, 1.82) is 0 Å². The number of aryl methyl sites for hydroxylation is 2. The largest absolute Gasteiger partial charge is 0.396 e. The molecule has 0 aromatic carbocycles. The Morgan fingerprint density at radius 3 is 2.86 bits per heavy atom. The summed E-state index contributed by atoms with van der Waals surface area (Å²) in [6.07, 6.45) is 8.87. The normalized spacial score (nSPS) is 16.9. The maximum atomic E-state index is 5.73. The van der Waals surface area contributed by atoms with Crippen molar-refractivity contribution in [3.63, 3.8) is 0 Å². The fourth-order valence-corrected chi connectivity index (χ4v) is 1.97. The van der Waals surface area contributed by atoms with E-state index in [0.717, 1.165) is 23.8 Å². The van der Waals surface area contributed by atoms with E-state index in [1.165, 1.54) is 32.1 Å². The van der Waals surface area contributed by atoms with Crippen molar-refractivity contribution in [3.05, 3.63) is 11.9 Å². The SMILES string of the molecule is Cc1nn(CCCC2CCC2)cc1N. The zero-order valence-corrected chi connectivity index (χ0v) is 8.87. The first kappa shape index (κ1) is 9.56. The maximum absolute atomic E-state index is 5.73. The lowest BCUT2D eigenvalue weighted by Gasteiger charge is -2.24. The van der Waals surface area contributed by atoms with E-state index < -0.39 is 0 Å². The van der Waals surface area contributed by atoms with Gasteiger partial charge in [0, 0.05) is 12.7 Å². The molecule has 0 aliphatic heterocycles. The number of rotatable bonds is 4. The fourth-order valence-electron chi connectivity index (χ4n) is 1.97. The number of nitrogen functional groups attached to an aromatic ring is 1. The van der Waals surface area contributed by atoms with E-state index in [9.17, 15) is 0 Å². The molecule has 1 fully saturated rings. The Hall–Kier alpha value is -0.990. The second-order valence-electron chi connectivity index (χ2n) is 4.37. The number of hydrogen-bond donors (Lipinski definition) is 1. The van der Waals surface area contributed by atoms with Crippen LogP contribution in [0.5, 0.6) is 0 Å². The molecule has 3 nitrogen and oxygen atoms in total. The Morgan fingerprint density at radius 2 is 2.36 bits per heavy atom. The van der Waals surface area contributed by atoms with Crippen molar-refractivity contribution >= 4 is 5.69 Å². The van der Waals surface area contributed by atoms with E-state index in [-0.39, 0.29) is 0 Å². The van der Waals surface area contributed by atoms with E-state index >= 15 is 0 Å². The van der Waals surface area contributed by atoms with Gasteiger partial charge in [0.1, 0.15) is 0 Å². The lowest BCUT2D eigenvalue weighted by Crippen LogP contribution is -2.11. The molecule has 0 spiro atoms. The van der Waals surface area contributed by atoms with Crippen LogP contribution in [0.3, 0.4) is 0 Å². The summed E-state index contributed by atoms with van der Waals surface area (Å²) in [6.45, 7) is 2.98. The summed E-state index contributed by atoms with van der Waals surface area (Å²) >= 11 is 0. The van der Waals surface area contributed by atoms with Crippen molar-refractivity contribution < 1.29 is 0 Å². The molecule has 0 amide bonds. The van der Waals surface area contributed by atoms with Crippen LogP contribution in [0, 0.1) is 12.8 Å². The average Bonchev–Trinajstić information content (AvgIpc) is 2.37. The molecule has 1 aliphatic rings. The molecular formula is C11H19N3. The first-order valence-electron chi connectivity index (χ1n) is 5.55. The standard InChI is InChI=1S/C11H19N3/c1-9-11(12)8-14(13-9)7-3-6-10-4-2-5-10/h8,10H,2-7,12H2,1H3.